The summed E-state index contributed by atoms with van der Waals surface area (Å²) in [6.07, 6.45) is 41.9. The second-order valence-electron chi connectivity index (χ2n) is 24.2. The highest BCUT2D eigenvalue weighted by molar-refractivity contribution is 5.77. The predicted molar refractivity (Wildman–Crippen MR) is 311 cm³/mol. The minimum atomic E-state index is -0.512. The van der Waals surface area contributed by atoms with E-state index in [1.54, 1.807) is 0 Å². The molecule has 0 bridgehead atoms. The van der Waals surface area contributed by atoms with Crippen molar-refractivity contribution < 1.29 is 38.1 Å². The number of piperidine rings is 1. The van der Waals surface area contributed by atoms with Crippen LogP contribution in [0.4, 0.5) is 0 Å². The number of likely N-dealkylation sites (tertiary alicyclic amines) is 2. The summed E-state index contributed by atoms with van der Waals surface area (Å²) in [5.41, 5.74) is -0.512. The van der Waals surface area contributed by atoms with Gasteiger partial charge < -0.3 is 28.7 Å². The van der Waals surface area contributed by atoms with Gasteiger partial charge in [0.1, 0.15) is 18.2 Å². The lowest BCUT2D eigenvalue weighted by Crippen LogP contribution is -2.42. The van der Waals surface area contributed by atoms with E-state index in [1.807, 2.05) is 13.8 Å². The summed E-state index contributed by atoms with van der Waals surface area (Å²) in [6.45, 7) is 17.9. The van der Waals surface area contributed by atoms with Crippen molar-refractivity contribution >= 4 is 23.9 Å². The molecule has 0 radical (unpaired) electrons. The molecule has 0 aromatic rings. The highest BCUT2D eigenvalue weighted by atomic mass is 16.6. The van der Waals surface area contributed by atoms with E-state index in [4.69, 9.17) is 18.9 Å². The zero-order chi connectivity index (χ0) is 54.8. The van der Waals surface area contributed by atoms with E-state index < -0.39 is 11.5 Å². The molecular weight excluding hydrogens is 939 g/mol. The molecule has 0 unspecified atom stereocenters. The van der Waals surface area contributed by atoms with Gasteiger partial charge in [0.2, 0.25) is 0 Å². The summed E-state index contributed by atoms with van der Waals surface area (Å²) in [7, 11) is 4.28. The molecule has 2 atom stereocenters. The molecule has 75 heavy (non-hydrogen) atoms. The SMILES string of the molecule is CCCCCCCCC(CCCCCCCC)OC(=O)CCCCCCCOC(=O)[C@@H]1C[C@H](OC(=O)CCN2CCC(N(C)C)CC2)CN1CCCCCCC(C)(C)C(=O)OCCCC(CCCCC)CCCCC. The lowest BCUT2D eigenvalue weighted by Gasteiger charge is -2.35. The van der Waals surface area contributed by atoms with Crippen LogP contribution in [-0.4, -0.2) is 123 Å². The summed E-state index contributed by atoms with van der Waals surface area (Å²) < 4.78 is 23.9. The molecule has 440 valence electrons. The highest BCUT2D eigenvalue weighted by Gasteiger charge is 2.39. The average Bonchev–Trinajstić information content (AvgIpc) is 3.80. The first-order valence-electron chi connectivity index (χ1n) is 32.2. The molecule has 0 N–H and O–H groups in total. The number of nitrogens with zero attached hydrogens (tertiary/aromatic N) is 3. The number of carbonyl (C=O) groups excluding carboxylic acids is 4. The Morgan fingerprint density at radius 3 is 1.67 bits per heavy atom. The molecule has 0 aromatic carbocycles. The van der Waals surface area contributed by atoms with E-state index in [1.165, 1.54) is 116 Å². The van der Waals surface area contributed by atoms with E-state index in [0.29, 0.717) is 51.6 Å². The Balaban J connectivity index is 1.79. The molecule has 0 saturated carbocycles. The Labute approximate surface area is 462 Å². The second kappa shape index (κ2) is 44.6. The standard InChI is InChI=1S/C64H121N3O8/c1-9-13-17-19-22-30-40-57(41-31-23-20-18-14-10-2)74-60(68)42-32-24-21-27-35-51-72-62(70)59-53-58(75-61(69)45-50-66-48-43-56(44-49-66)65(7)8)54-67(59)47-34-26-25-33-46-64(5,6)63(71)73-52-36-39-55(37-28-15-11-3)38-29-16-12-4/h55-59H,9-54H2,1-8H3/t58-,59-/m0/s1. The number of rotatable bonds is 49. The second-order valence-corrected chi connectivity index (χ2v) is 24.2. The zero-order valence-electron chi connectivity index (χ0n) is 50.5. The van der Waals surface area contributed by atoms with Gasteiger partial charge in [-0.15, -0.1) is 0 Å². The summed E-state index contributed by atoms with van der Waals surface area (Å²) >= 11 is 0. The van der Waals surface area contributed by atoms with Crippen molar-refractivity contribution in [3.05, 3.63) is 0 Å². The number of hydrogen-bond acceptors (Lipinski definition) is 11. The molecule has 11 nitrogen and oxygen atoms in total. The maximum Gasteiger partial charge on any atom is 0.323 e. The minimum absolute atomic E-state index is 0.0442. The average molecular weight is 1060 g/mol. The lowest BCUT2D eigenvalue weighted by atomic mass is 9.87. The van der Waals surface area contributed by atoms with Crippen LogP contribution in [0, 0.1) is 11.3 Å². The third-order valence-electron chi connectivity index (χ3n) is 16.7. The monoisotopic (exact) mass is 1060 g/mol. The van der Waals surface area contributed by atoms with Gasteiger partial charge in [0.05, 0.1) is 25.0 Å². The van der Waals surface area contributed by atoms with Gasteiger partial charge in [0.25, 0.3) is 0 Å². The minimum Gasteiger partial charge on any atom is -0.465 e. The predicted octanol–water partition coefficient (Wildman–Crippen LogP) is 15.8. The van der Waals surface area contributed by atoms with E-state index in [9.17, 15) is 19.2 Å². The fraction of sp³-hybridized carbons (Fsp3) is 0.938. The molecule has 2 fully saturated rings. The first-order chi connectivity index (χ1) is 36.3. The van der Waals surface area contributed by atoms with Gasteiger partial charge in [-0.3, -0.25) is 24.1 Å². The molecule has 0 aromatic heterocycles. The summed E-state index contributed by atoms with van der Waals surface area (Å²) in [5, 5.41) is 0. The Morgan fingerprint density at radius 2 is 1.05 bits per heavy atom. The van der Waals surface area contributed by atoms with Gasteiger partial charge in [0, 0.05) is 32.0 Å². The molecule has 2 heterocycles. The number of esters is 4. The fourth-order valence-corrected chi connectivity index (χ4v) is 11.4. The molecule has 0 amide bonds. The maximum atomic E-state index is 13.7. The van der Waals surface area contributed by atoms with E-state index in [-0.39, 0.29) is 36.1 Å². The van der Waals surface area contributed by atoms with Gasteiger partial charge >= 0.3 is 23.9 Å². The van der Waals surface area contributed by atoms with E-state index >= 15 is 0 Å². The molecular formula is C64H121N3O8. The smallest absolute Gasteiger partial charge is 0.323 e. The van der Waals surface area contributed by atoms with Crippen LogP contribution in [0.5, 0.6) is 0 Å². The van der Waals surface area contributed by atoms with Gasteiger partial charge in [-0.25, -0.2) is 0 Å². The Morgan fingerprint density at radius 1 is 0.547 bits per heavy atom. The number of carbonyl (C=O) groups is 4. The third-order valence-corrected chi connectivity index (χ3v) is 16.7. The molecule has 2 rings (SSSR count). The molecule has 0 spiro atoms. The fourth-order valence-electron chi connectivity index (χ4n) is 11.4. The lowest BCUT2D eigenvalue weighted by molar-refractivity contribution is -0.154. The molecule has 2 aliphatic rings. The van der Waals surface area contributed by atoms with E-state index in [0.717, 1.165) is 141 Å². The van der Waals surface area contributed by atoms with Gasteiger partial charge in [0.15, 0.2) is 0 Å². The quantitative estimate of drug-likeness (QED) is 0.0329. The molecule has 0 aliphatic carbocycles. The van der Waals surface area contributed by atoms with Gasteiger partial charge in [-0.1, -0.05) is 182 Å². The van der Waals surface area contributed by atoms with Crippen molar-refractivity contribution in [2.45, 2.75) is 316 Å². The van der Waals surface area contributed by atoms with Crippen LogP contribution in [0.3, 0.4) is 0 Å². The van der Waals surface area contributed by atoms with Crippen LogP contribution >= 0.6 is 0 Å². The normalized spacial score (nSPS) is 16.9. The van der Waals surface area contributed by atoms with Gasteiger partial charge in [-0.2, -0.15) is 0 Å². The Bertz CT molecular complexity index is 1390. The van der Waals surface area contributed by atoms with Crippen molar-refractivity contribution in [1.82, 2.24) is 14.7 Å². The van der Waals surface area contributed by atoms with E-state index in [2.05, 4.69) is 56.5 Å². The summed E-state index contributed by atoms with van der Waals surface area (Å²) in [4.78, 5) is 59.8. The van der Waals surface area contributed by atoms with Crippen molar-refractivity contribution in [1.29, 1.82) is 0 Å². The van der Waals surface area contributed by atoms with Crippen molar-refractivity contribution in [3.63, 3.8) is 0 Å². The summed E-state index contributed by atoms with van der Waals surface area (Å²) in [5.74, 6) is 0.214. The van der Waals surface area contributed by atoms with Gasteiger partial charge in [-0.05, 0) is 131 Å². The first kappa shape index (κ1) is 68.9. The van der Waals surface area contributed by atoms with Crippen LogP contribution in [0.1, 0.15) is 292 Å². The van der Waals surface area contributed by atoms with Crippen LogP contribution in [0.25, 0.3) is 0 Å². The van der Waals surface area contributed by atoms with Crippen molar-refractivity contribution in [2.24, 2.45) is 11.3 Å². The summed E-state index contributed by atoms with van der Waals surface area (Å²) in [6, 6.07) is 0.170. The number of unbranched alkanes of at least 4 members (excludes halogenated alkanes) is 21. The van der Waals surface area contributed by atoms with Crippen LogP contribution in [0.2, 0.25) is 0 Å². The Hall–Kier alpha value is -2.24. The van der Waals surface area contributed by atoms with Crippen molar-refractivity contribution in [2.75, 3.05) is 60.0 Å². The van der Waals surface area contributed by atoms with Crippen LogP contribution < -0.4 is 0 Å². The van der Waals surface area contributed by atoms with Crippen LogP contribution in [0.15, 0.2) is 0 Å². The number of ether oxygens (including phenoxy) is 4. The highest BCUT2D eigenvalue weighted by Crippen LogP contribution is 2.29. The Kier molecular flexibility index (Phi) is 40.9. The molecule has 2 saturated heterocycles. The molecule has 2 aliphatic heterocycles. The molecule has 11 heteroatoms. The largest absolute Gasteiger partial charge is 0.465 e. The topological polar surface area (TPSA) is 115 Å². The first-order valence-corrected chi connectivity index (χ1v) is 32.2. The van der Waals surface area contributed by atoms with Crippen LogP contribution in [-0.2, 0) is 38.1 Å². The third kappa shape index (κ3) is 34.4. The maximum absolute atomic E-state index is 13.7. The van der Waals surface area contributed by atoms with Crippen molar-refractivity contribution in [3.8, 4) is 0 Å². The number of hydrogen-bond donors (Lipinski definition) is 0. The zero-order valence-corrected chi connectivity index (χ0v) is 50.5.